The maximum absolute atomic E-state index is 12.6. The molecule has 20 heavy (non-hydrogen) atoms. The van der Waals surface area contributed by atoms with Gasteiger partial charge in [-0.25, -0.2) is 8.42 Å². The zero-order valence-electron chi connectivity index (χ0n) is 12.1. The summed E-state index contributed by atoms with van der Waals surface area (Å²) in [7, 11) is 0.752. The first kappa shape index (κ1) is 15.9. The average molecular weight is 317 g/mol. The number of hydrogen-bond donors (Lipinski definition) is 1. The Kier molecular flexibility index (Phi) is 5.19. The van der Waals surface area contributed by atoms with Crippen LogP contribution in [0, 0.1) is 5.92 Å². The molecule has 0 atom stereocenters. The lowest BCUT2D eigenvalue weighted by atomic mass is 9.98. The fourth-order valence-corrected chi connectivity index (χ4v) is 5.47. The Hall–Kier alpha value is -0.470. The topological polar surface area (TPSA) is 66.6 Å². The summed E-state index contributed by atoms with van der Waals surface area (Å²) in [5.74, 6) is 0.591. The van der Waals surface area contributed by atoms with E-state index in [0.29, 0.717) is 23.9 Å². The van der Waals surface area contributed by atoms with Gasteiger partial charge in [0.1, 0.15) is 0 Å². The molecule has 2 N–H and O–H groups in total. The van der Waals surface area contributed by atoms with Gasteiger partial charge in [-0.2, -0.15) is 4.31 Å². The average Bonchev–Trinajstić information content (AvgIpc) is 2.87. The largest absolute Gasteiger partial charge is 0.326 e. The molecule has 0 radical (unpaired) electrons. The molecule has 1 aromatic rings. The van der Waals surface area contributed by atoms with Crippen molar-refractivity contribution in [3.8, 4) is 0 Å². The molecule has 1 aromatic heterocycles. The predicted octanol–water partition coefficient (Wildman–Crippen LogP) is 1.17. The lowest BCUT2D eigenvalue weighted by Gasteiger charge is -2.32. The first-order valence-electron chi connectivity index (χ1n) is 6.86. The van der Waals surface area contributed by atoms with Crippen LogP contribution in [0.25, 0.3) is 0 Å². The van der Waals surface area contributed by atoms with Crippen LogP contribution in [0.5, 0.6) is 0 Å². The molecule has 0 bridgehead atoms. The van der Waals surface area contributed by atoms with Crippen LogP contribution >= 0.6 is 11.3 Å². The maximum atomic E-state index is 12.6. The van der Waals surface area contributed by atoms with Crippen LogP contribution in [-0.2, 0) is 16.6 Å². The Morgan fingerprint density at radius 1 is 1.40 bits per heavy atom. The van der Waals surface area contributed by atoms with Crippen LogP contribution in [0.15, 0.2) is 16.3 Å². The summed E-state index contributed by atoms with van der Waals surface area (Å²) in [6, 6.07) is 1.67. The minimum Gasteiger partial charge on any atom is -0.326 e. The van der Waals surface area contributed by atoms with Crippen LogP contribution in [0.1, 0.15) is 17.7 Å². The van der Waals surface area contributed by atoms with E-state index >= 15 is 0 Å². The molecular formula is C13H23N3O2S2. The van der Waals surface area contributed by atoms with Crippen molar-refractivity contribution in [2.75, 3.05) is 33.7 Å². The van der Waals surface area contributed by atoms with Gasteiger partial charge in [0.05, 0.1) is 4.90 Å². The molecule has 0 spiro atoms. The highest BCUT2D eigenvalue weighted by Gasteiger charge is 2.31. The van der Waals surface area contributed by atoms with E-state index in [1.165, 1.54) is 11.3 Å². The first-order chi connectivity index (χ1) is 9.45. The van der Waals surface area contributed by atoms with Gasteiger partial charge in [-0.1, -0.05) is 0 Å². The van der Waals surface area contributed by atoms with E-state index in [9.17, 15) is 8.42 Å². The number of nitrogens with zero attached hydrogens (tertiary/aromatic N) is 2. The van der Waals surface area contributed by atoms with E-state index in [0.717, 1.165) is 24.3 Å². The Morgan fingerprint density at radius 3 is 2.60 bits per heavy atom. The molecule has 2 heterocycles. The van der Waals surface area contributed by atoms with Gasteiger partial charge in [0.25, 0.3) is 0 Å². The summed E-state index contributed by atoms with van der Waals surface area (Å²) in [4.78, 5) is 3.32. The smallest absolute Gasteiger partial charge is 0.244 e. The molecule has 2 rings (SSSR count). The molecule has 0 unspecified atom stereocenters. The van der Waals surface area contributed by atoms with E-state index in [1.807, 2.05) is 0 Å². The second-order valence-electron chi connectivity index (χ2n) is 5.52. The highest BCUT2D eigenvalue weighted by Crippen LogP contribution is 2.28. The molecule has 1 fully saturated rings. The summed E-state index contributed by atoms with van der Waals surface area (Å²) in [6.45, 7) is 2.53. The Labute approximate surface area is 125 Å². The second kappa shape index (κ2) is 6.53. The highest BCUT2D eigenvalue weighted by atomic mass is 32.2. The molecule has 5 nitrogen and oxygen atoms in total. The van der Waals surface area contributed by atoms with Gasteiger partial charge in [-0.15, -0.1) is 11.3 Å². The lowest BCUT2D eigenvalue weighted by molar-refractivity contribution is 0.225. The van der Waals surface area contributed by atoms with Gasteiger partial charge < -0.3 is 10.6 Å². The van der Waals surface area contributed by atoms with Crippen molar-refractivity contribution >= 4 is 21.4 Å². The number of hydrogen-bond acceptors (Lipinski definition) is 5. The highest BCUT2D eigenvalue weighted by molar-refractivity contribution is 7.89. The Balaban J connectivity index is 2.06. The Bertz CT molecular complexity index is 532. The van der Waals surface area contributed by atoms with Crippen molar-refractivity contribution < 1.29 is 8.42 Å². The molecular weight excluding hydrogens is 294 g/mol. The normalized spacial score (nSPS) is 18.8. The van der Waals surface area contributed by atoms with Crippen molar-refractivity contribution in [3.63, 3.8) is 0 Å². The molecule has 1 aliphatic rings. The monoisotopic (exact) mass is 317 g/mol. The minimum absolute atomic E-state index is 0.281. The third-order valence-electron chi connectivity index (χ3n) is 3.70. The van der Waals surface area contributed by atoms with Crippen LogP contribution in [0.4, 0.5) is 0 Å². The number of sulfonamides is 1. The molecule has 0 amide bonds. The van der Waals surface area contributed by atoms with Gasteiger partial charge in [-0.3, -0.25) is 0 Å². The van der Waals surface area contributed by atoms with E-state index in [2.05, 4.69) is 19.0 Å². The summed E-state index contributed by atoms with van der Waals surface area (Å²) < 4.78 is 26.9. The van der Waals surface area contributed by atoms with Crippen molar-refractivity contribution in [2.45, 2.75) is 24.3 Å². The summed E-state index contributed by atoms with van der Waals surface area (Å²) in [5, 5.41) is 1.80. The van der Waals surface area contributed by atoms with Gasteiger partial charge in [0.15, 0.2) is 0 Å². The van der Waals surface area contributed by atoms with Gasteiger partial charge in [-0.05, 0) is 44.3 Å². The van der Waals surface area contributed by atoms with Gasteiger partial charge >= 0.3 is 0 Å². The van der Waals surface area contributed by atoms with Crippen molar-refractivity contribution in [1.82, 2.24) is 9.21 Å². The number of nitrogens with two attached hydrogens (primary N) is 1. The van der Waals surface area contributed by atoms with Gasteiger partial charge in [0, 0.05) is 31.1 Å². The molecule has 114 valence electrons. The number of rotatable bonds is 5. The van der Waals surface area contributed by atoms with Crippen molar-refractivity contribution in [1.29, 1.82) is 0 Å². The third-order valence-corrected chi connectivity index (χ3v) is 6.76. The number of thiophene rings is 1. The van der Waals surface area contributed by atoms with E-state index in [1.54, 1.807) is 15.8 Å². The molecule has 1 aliphatic heterocycles. The Morgan fingerprint density at radius 2 is 2.05 bits per heavy atom. The molecule has 0 aliphatic carbocycles. The lowest BCUT2D eigenvalue weighted by Crippen LogP contribution is -2.40. The quantitative estimate of drug-likeness (QED) is 0.885. The summed E-state index contributed by atoms with van der Waals surface area (Å²) >= 11 is 1.41. The zero-order valence-corrected chi connectivity index (χ0v) is 13.7. The second-order valence-corrected chi connectivity index (χ2v) is 8.43. The van der Waals surface area contributed by atoms with E-state index < -0.39 is 10.0 Å². The predicted molar refractivity (Wildman–Crippen MR) is 82.2 cm³/mol. The SMILES string of the molecule is CN(C)CC1CCN(S(=O)(=O)c2ccsc2CN)CC1. The third kappa shape index (κ3) is 3.40. The fourth-order valence-electron chi connectivity index (χ4n) is 2.70. The van der Waals surface area contributed by atoms with Crippen molar-refractivity contribution in [2.24, 2.45) is 11.7 Å². The summed E-state index contributed by atoms with van der Waals surface area (Å²) in [5.41, 5.74) is 5.62. The van der Waals surface area contributed by atoms with Crippen LogP contribution in [-0.4, -0.2) is 51.4 Å². The van der Waals surface area contributed by atoms with Crippen molar-refractivity contribution in [3.05, 3.63) is 16.3 Å². The van der Waals surface area contributed by atoms with E-state index in [-0.39, 0.29) is 6.54 Å². The molecule has 0 aromatic carbocycles. The summed E-state index contributed by atoms with van der Waals surface area (Å²) in [6.07, 6.45) is 1.86. The fraction of sp³-hybridized carbons (Fsp3) is 0.692. The standard InChI is InChI=1S/C13H23N3O2S2/c1-15(2)10-11-3-6-16(7-4-11)20(17,18)13-5-8-19-12(13)9-14/h5,8,11H,3-4,6-7,9-10,14H2,1-2H3. The minimum atomic E-state index is -3.36. The van der Waals surface area contributed by atoms with E-state index in [4.69, 9.17) is 5.73 Å². The van der Waals surface area contributed by atoms with Crippen LogP contribution < -0.4 is 5.73 Å². The maximum Gasteiger partial charge on any atom is 0.244 e. The molecule has 7 heteroatoms. The van der Waals surface area contributed by atoms with Gasteiger partial charge in [0.2, 0.25) is 10.0 Å². The zero-order chi connectivity index (χ0) is 14.8. The molecule has 0 saturated carbocycles. The first-order valence-corrected chi connectivity index (χ1v) is 9.18. The van der Waals surface area contributed by atoms with Crippen LogP contribution in [0.3, 0.4) is 0 Å². The van der Waals surface area contributed by atoms with Crippen LogP contribution in [0.2, 0.25) is 0 Å². The molecule has 1 saturated heterocycles. The number of piperidine rings is 1.